The third kappa shape index (κ3) is 6.68. The maximum atomic E-state index is 13.8. The molecule has 1 aliphatic carbocycles. The molecule has 228 valence electrons. The van der Waals surface area contributed by atoms with E-state index < -0.39 is 6.04 Å². The molecule has 0 radical (unpaired) electrons. The summed E-state index contributed by atoms with van der Waals surface area (Å²) < 4.78 is 13.1. The Morgan fingerprint density at radius 3 is 2.60 bits per heavy atom. The van der Waals surface area contributed by atoms with Crippen molar-refractivity contribution in [1.29, 1.82) is 0 Å². The largest absolute Gasteiger partial charge is 0.486 e. The monoisotopic (exact) mass is 588 g/mol. The van der Waals surface area contributed by atoms with E-state index in [1.165, 1.54) is 6.42 Å². The fourth-order valence-corrected chi connectivity index (χ4v) is 5.86. The Bertz CT molecular complexity index is 1420. The van der Waals surface area contributed by atoms with Gasteiger partial charge in [-0.25, -0.2) is 14.8 Å². The minimum atomic E-state index is -0.705. The lowest BCUT2D eigenvalue weighted by Gasteiger charge is -2.41. The lowest BCUT2D eigenvalue weighted by molar-refractivity contribution is -0.125. The highest BCUT2D eigenvalue weighted by Crippen LogP contribution is 2.31. The molecule has 2 N–H and O–H groups in total. The third-order valence-electron chi connectivity index (χ3n) is 8.32. The van der Waals surface area contributed by atoms with Crippen molar-refractivity contribution < 1.29 is 19.1 Å². The lowest BCUT2D eigenvalue weighted by atomic mass is 9.95. The summed E-state index contributed by atoms with van der Waals surface area (Å²) in [7, 11) is 0. The smallest absolute Gasteiger partial charge is 0.318 e. The normalized spacial score (nSPS) is 18.9. The van der Waals surface area contributed by atoms with Gasteiger partial charge in [-0.05, 0) is 36.5 Å². The molecule has 1 atom stereocenters. The first-order valence-electron chi connectivity index (χ1n) is 15.3. The van der Waals surface area contributed by atoms with Crippen LogP contribution in [0.5, 0.6) is 11.5 Å². The Kier molecular flexibility index (Phi) is 8.62. The second-order valence-electron chi connectivity index (χ2n) is 11.7. The van der Waals surface area contributed by atoms with Crippen LogP contribution < -0.4 is 25.0 Å². The molecule has 3 aromatic rings. The first kappa shape index (κ1) is 28.8. The molecule has 1 unspecified atom stereocenters. The lowest BCUT2D eigenvalue weighted by Crippen LogP contribution is -2.63. The van der Waals surface area contributed by atoms with E-state index >= 15 is 0 Å². The number of urea groups is 1. The van der Waals surface area contributed by atoms with Crippen LogP contribution >= 0.6 is 0 Å². The van der Waals surface area contributed by atoms with Crippen molar-refractivity contribution in [3.8, 4) is 17.4 Å². The molecule has 0 spiro atoms. The number of piperazine rings is 1. The Hall–Kier alpha value is -4.35. The molecule has 1 aromatic carbocycles. The number of amides is 3. The van der Waals surface area contributed by atoms with E-state index in [0.29, 0.717) is 56.8 Å². The summed E-state index contributed by atoms with van der Waals surface area (Å²) >= 11 is 0. The van der Waals surface area contributed by atoms with Gasteiger partial charge in [0.1, 0.15) is 31.4 Å². The number of benzene rings is 1. The molecule has 2 aromatic heterocycles. The van der Waals surface area contributed by atoms with Crippen molar-refractivity contribution in [3.63, 3.8) is 0 Å². The van der Waals surface area contributed by atoms with Crippen molar-refractivity contribution >= 4 is 17.8 Å². The van der Waals surface area contributed by atoms with Crippen LogP contribution in [0.25, 0.3) is 5.95 Å². The van der Waals surface area contributed by atoms with Gasteiger partial charge in [0.05, 0.1) is 5.69 Å². The van der Waals surface area contributed by atoms with E-state index in [0.717, 1.165) is 42.8 Å². The van der Waals surface area contributed by atoms with Gasteiger partial charge in [-0.15, -0.1) is 0 Å². The van der Waals surface area contributed by atoms with Crippen molar-refractivity contribution in [2.24, 2.45) is 0 Å². The highest BCUT2D eigenvalue weighted by atomic mass is 16.6. The first-order valence-corrected chi connectivity index (χ1v) is 15.3. The average Bonchev–Trinajstić information content (AvgIpc) is 3.59. The average molecular weight is 589 g/mol. The first-order chi connectivity index (χ1) is 20.9. The summed E-state index contributed by atoms with van der Waals surface area (Å²) in [6.45, 7) is 6.74. The number of hydrogen-bond donors (Lipinski definition) is 2. The van der Waals surface area contributed by atoms with Crippen molar-refractivity contribution in [2.75, 3.05) is 37.7 Å². The van der Waals surface area contributed by atoms with Gasteiger partial charge in [0.25, 0.3) is 0 Å². The predicted molar refractivity (Wildman–Crippen MR) is 161 cm³/mol. The molecular formula is C31H40N8O4. The summed E-state index contributed by atoms with van der Waals surface area (Å²) in [5, 5.41) is 6.28. The standard InChI is InChI=1S/C31H40N8O4/c1-21(2)24-17-28(36-30(35-24)38-11-10-32-20-38)37-12-13-39(31(41)34-23-6-4-3-5-7-23)25(19-37)29(40)33-18-22-8-9-26-27(16-22)43-15-14-42-26/h8-11,16-17,20-21,23,25H,3-7,12-15,18-19H2,1-2H3,(H,33,40)(H,34,41). The second kappa shape index (κ2) is 12.9. The van der Waals surface area contributed by atoms with Gasteiger partial charge >= 0.3 is 6.03 Å². The maximum Gasteiger partial charge on any atom is 0.318 e. The fraction of sp³-hybridized carbons (Fsp3) is 0.516. The van der Waals surface area contributed by atoms with Gasteiger partial charge < -0.3 is 29.9 Å². The molecule has 3 aliphatic rings. The van der Waals surface area contributed by atoms with Crippen molar-refractivity contribution in [3.05, 3.63) is 54.2 Å². The van der Waals surface area contributed by atoms with Crippen LogP contribution in [0.2, 0.25) is 0 Å². The molecule has 43 heavy (non-hydrogen) atoms. The van der Waals surface area contributed by atoms with Crippen molar-refractivity contribution in [2.45, 2.75) is 70.5 Å². The topological polar surface area (TPSA) is 127 Å². The molecular weight excluding hydrogens is 548 g/mol. The van der Waals surface area contributed by atoms with Crippen LogP contribution in [0.4, 0.5) is 10.6 Å². The maximum absolute atomic E-state index is 13.8. The Morgan fingerprint density at radius 1 is 1.02 bits per heavy atom. The van der Waals surface area contributed by atoms with E-state index in [1.54, 1.807) is 22.0 Å². The number of rotatable bonds is 7. The highest BCUT2D eigenvalue weighted by Gasteiger charge is 2.37. The van der Waals surface area contributed by atoms with Gasteiger partial charge in [-0.2, -0.15) is 4.98 Å². The van der Waals surface area contributed by atoms with Crippen LogP contribution in [-0.4, -0.2) is 81.3 Å². The molecule has 2 aliphatic heterocycles. The minimum Gasteiger partial charge on any atom is -0.486 e. The number of aromatic nitrogens is 4. The van der Waals surface area contributed by atoms with Gasteiger partial charge in [0.15, 0.2) is 11.5 Å². The zero-order valence-electron chi connectivity index (χ0n) is 24.9. The van der Waals surface area contributed by atoms with E-state index in [9.17, 15) is 9.59 Å². The number of ether oxygens (including phenoxy) is 2. The molecule has 12 heteroatoms. The van der Waals surface area contributed by atoms with E-state index in [-0.39, 0.29) is 23.9 Å². The van der Waals surface area contributed by atoms with Crippen LogP contribution in [0, 0.1) is 0 Å². The number of nitrogens with zero attached hydrogens (tertiary/aromatic N) is 6. The molecule has 1 saturated heterocycles. The summed E-state index contributed by atoms with van der Waals surface area (Å²) in [5.41, 5.74) is 1.79. The third-order valence-corrected chi connectivity index (χ3v) is 8.32. The summed E-state index contributed by atoms with van der Waals surface area (Å²) in [4.78, 5) is 44.9. The molecule has 4 heterocycles. The highest BCUT2D eigenvalue weighted by molar-refractivity contribution is 5.88. The van der Waals surface area contributed by atoms with Crippen LogP contribution in [0.1, 0.15) is 63.1 Å². The fourth-order valence-electron chi connectivity index (χ4n) is 5.86. The Morgan fingerprint density at radius 2 is 1.84 bits per heavy atom. The Balaban J connectivity index is 1.22. The Labute approximate surface area is 251 Å². The van der Waals surface area contributed by atoms with Crippen LogP contribution in [-0.2, 0) is 11.3 Å². The number of carbonyl (C=O) groups excluding carboxylic acids is 2. The zero-order chi connectivity index (χ0) is 29.8. The summed E-state index contributed by atoms with van der Waals surface area (Å²) in [6, 6.07) is 6.91. The number of imidazole rings is 1. The number of carbonyl (C=O) groups is 2. The molecule has 0 bridgehead atoms. The van der Waals surface area contributed by atoms with Gasteiger partial charge in [-0.3, -0.25) is 9.36 Å². The van der Waals surface area contributed by atoms with Gasteiger partial charge in [-0.1, -0.05) is 39.2 Å². The number of fused-ring (bicyclic) bond motifs is 1. The number of anilines is 1. The zero-order valence-corrected chi connectivity index (χ0v) is 24.9. The summed E-state index contributed by atoms with van der Waals surface area (Å²) in [5.74, 6) is 2.59. The van der Waals surface area contributed by atoms with Gasteiger partial charge in [0.2, 0.25) is 11.9 Å². The molecule has 6 rings (SSSR count). The molecule has 3 amide bonds. The SMILES string of the molecule is CC(C)c1cc(N2CCN(C(=O)NC3CCCCC3)C(C(=O)NCc3ccc4c(c3)OCCO4)C2)nc(-n2ccnc2)n1. The van der Waals surface area contributed by atoms with Crippen molar-refractivity contribution in [1.82, 2.24) is 35.1 Å². The molecule has 1 saturated carbocycles. The number of hydrogen-bond acceptors (Lipinski definition) is 8. The minimum absolute atomic E-state index is 0.147. The van der Waals surface area contributed by atoms with E-state index in [1.807, 2.05) is 30.5 Å². The summed E-state index contributed by atoms with van der Waals surface area (Å²) in [6.07, 6.45) is 10.6. The molecule has 12 nitrogen and oxygen atoms in total. The van der Waals surface area contributed by atoms with E-state index in [4.69, 9.17) is 19.4 Å². The molecule has 2 fully saturated rings. The van der Waals surface area contributed by atoms with E-state index in [2.05, 4.69) is 34.4 Å². The number of nitrogens with one attached hydrogen (secondary N) is 2. The van der Waals surface area contributed by atoms with Gasteiger partial charge in [0, 0.05) is 50.7 Å². The predicted octanol–water partition coefficient (Wildman–Crippen LogP) is 3.41. The second-order valence-corrected chi connectivity index (χ2v) is 11.7. The van der Waals surface area contributed by atoms with Crippen LogP contribution in [0.15, 0.2) is 43.0 Å². The quantitative estimate of drug-likeness (QED) is 0.430. The van der Waals surface area contributed by atoms with Crippen LogP contribution in [0.3, 0.4) is 0 Å².